The molecule has 112 valence electrons. The maximum Gasteiger partial charge on any atom is 0.245 e. The van der Waals surface area contributed by atoms with Crippen molar-refractivity contribution in [3.63, 3.8) is 0 Å². The number of rotatable bonds is 4. The third kappa shape index (κ3) is 3.05. The Morgan fingerprint density at radius 3 is 2.68 bits per heavy atom. The molecule has 22 heavy (non-hydrogen) atoms. The van der Waals surface area contributed by atoms with Crippen molar-refractivity contribution < 1.29 is 9.59 Å². The summed E-state index contributed by atoms with van der Waals surface area (Å²) >= 11 is 1.33. The number of ketones is 1. The van der Waals surface area contributed by atoms with Gasteiger partial charge in [0.25, 0.3) is 0 Å². The first kappa shape index (κ1) is 15.9. The largest absolute Gasteiger partial charge is 0.358 e. The number of benzene rings is 1. The van der Waals surface area contributed by atoms with Crippen LogP contribution in [0, 0.1) is 31.1 Å². The van der Waals surface area contributed by atoms with E-state index in [0.29, 0.717) is 5.01 Å². The molecule has 2 aromatic rings. The number of aryl methyl sites for hydroxylation is 2. The Hall–Kier alpha value is -2.52. The molecule has 0 saturated heterocycles. The minimum Gasteiger partial charge on any atom is -0.358 e. The molecule has 0 aliphatic carbocycles. The van der Waals surface area contributed by atoms with E-state index in [1.165, 1.54) is 18.4 Å². The standard InChI is InChI=1S/C16H15N3O2S/c1-9-4-5-11(10(2)6-9)16-19-13(8-22-16)14(20)12(7-17)15(21)18-3/h4-6,8,12H,1-3H3,(H,18,21)/t12-/m1/s1. The second-order valence-electron chi connectivity index (χ2n) is 4.90. The summed E-state index contributed by atoms with van der Waals surface area (Å²) in [5, 5.41) is 13.6. The number of amides is 1. The molecule has 1 heterocycles. The van der Waals surface area contributed by atoms with Crippen molar-refractivity contribution in [1.82, 2.24) is 10.3 Å². The predicted molar refractivity (Wildman–Crippen MR) is 84.5 cm³/mol. The predicted octanol–water partition coefficient (Wildman–Crippen LogP) is 2.50. The van der Waals surface area contributed by atoms with Gasteiger partial charge in [0.15, 0.2) is 5.92 Å². The SMILES string of the molecule is CNC(=O)[C@H](C#N)C(=O)c1csc(-c2ccc(C)cc2C)n1. The average molecular weight is 313 g/mol. The molecule has 0 saturated carbocycles. The summed E-state index contributed by atoms with van der Waals surface area (Å²) in [7, 11) is 1.39. The summed E-state index contributed by atoms with van der Waals surface area (Å²) in [6, 6.07) is 7.70. The van der Waals surface area contributed by atoms with Crippen LogP contribution in [0.1, 0.15) is 21.6 Å². The van der Waals surface area contributed by atoms with Gasteiger partial charge in [0, 0.05) is 18.0 Å². The number of nitriles is 1. The first-order valence-electron chi connectivity index (χ1n) is 6.66. The third-order valence-electron chi connectivity index (χ3n) is 3.27. The maximum atomic E-state index is 12.2. The quantitative estimate of drug-likeness (QED) is 0.694. The molecule has 0 unspecified atom stereocenters. The molecule has 0 fully saturated rings. The van der Waals surface area contributed by atoms with Gasteiger partial charge in [0.2, 0.25) is 11.7 Å². The molecule has 0 bridgehead atoms. The van der Waals surface area contributed by atoms with Crippen LogP contribution in [0.2, 0.25) is 0 Å². The van der Waals surface area contributed by atoms with E-state index in [1.807, 2.05) is 32.0 Å². The van der Waals surface area contributed by atoms with Gasteiger partial charge in [-0.2, -0.15) is 5.26 Å². The van der Waals surface area contributed by atoms with E-state index in [2.05, 4.69) is 10.3 Å². The molecule has 0 aliphatic rings. The summed E-state index contributed by atoms with van der Waals surface area (Å²) < 4.78 is 0. The second kappa shape index (κ2) is 6.50. The number of hydrogen-bond acceptors (Lipinski definition) is 5. The zero-order chi connectivity index (χ0) is 16.3. The Morgan fingerprint density at radius 1 is 1.36 bits per heavy atom. The van der Waals surface area contributed by atoms with E-state index in [1.54, 1.807) is 11.4 Å². The van der Waals surface area contributed by atoms with Crippen molar-refractivity contribution in [2.45, 2.75) is 13.8 Å². The monoisotopic (exact) mass is 313 g/mol. The Labute approximate surface area is 132 Å². The third-order valence-corrected chi connectivity index (χ3v) is 4.14. The molecule has 1 aromatic heterocycles. The Morgan fingerprint density at radius 2 is 2.09 bits per heavy atom. The molecule has 1 amide bonds. The second-order valence-corrected chi connectivity index (χ2v) is 5.75. The van der Waals surface area contributed by atoms with E-state index in [9.17, 15) is 9.59 Å². The van der Waals surface area contributed by atoms with E-state index in [4.69, 9.17) is 5.26 Å². The fraction of sp³-hybridized carbons (Fsp3) is 0.250. The van der Waals surface area contributed by atoms with Gasteiger partial charge in [-0.25, -0.2) is 4.98 Å². The molecule has 0 aliphatic heterocycles. The first-order chi connectivity index (χ1) is 10.5. The maximum absolute atomic E-state index is 12.2. The van der Waals surface area contributed by atoms with Gasteiger partial charge in [-0.05, 0) is 19.4 Å². The number of carbonyl (C=O) groups is 2. The van der Waals surface area contributed by atoms with E-state index < -0.39 is 17.6 Å². The number of nitrogens with zero attached hydrogens (tertiary/aromatic N) is 2. The summed E-state index contributed by atoms with van der Waals surface area (Å²) in [5.41, 5.74) is 3.31. The van der Waals surface area contributed by atoms with Crippen LogP contribution < -0.4 is 5.32 Å². The van der Waals surface area contributed by atoms with Gasteiger partial charge in [-0.1, -0.05) is 23.8 Å². The molecular weight excluding hydrogens is 298 g/mol. The number of Topliss-reactive ketones (excluding diaryl/α,β-unsaturated/α-hetero) is 1. The minimum absolute atomic E-state index is 0.148. The average Bonchev–Trinajstić information content (AvgIpc) is 2.97. The summed E-state index contributed by atoms with van der Waals surface area (Å²) in [6.45, 7) is 3.99. The molecule has 1 aromatic carbocycles. The van der Waals surface area contributed by atoms with Crippen molar-refractivity contribution in [2.75, 3.05) is 7.05 Å². The van der Waals surface area contributed by atoms with Crippen LogP contribution in [-0.4, -0.2) is 23.7 Å². The summed E-state index contributed by atoms with van der Waals surface area (Å²) in [5.74, 6) is -2.55. The smallest absolute Gasteiger partial charge is 0.245 e. The molecule has 1 atom stereocenters. The summed E-state index contributed by atoms with van der Waals surface area (Å²) in [6.07, 6.45) is 0. The van der Waals surface area contributed by atoms with Crippen molar-refractivity contribution in [3.8, 4) is 16.6 Å². The number of thiazole rings is 1. The fourth-order valence-electron chi connectivity index (χ4n) is 2.09. The molecule has 2 rings (SSSR count). The van der Waals surface area contributed by atoms with Crippen LogP contribution in [0.3, 0.4) is 0 Å². The molecule has 1 N–H and O–H groups in total. The Balaban J connectivity index is 2.34. The van der Waals surface area contributed by atoms with Crippen LogP contribution in [0.5, 0.6) is 0 Å². The zero-order valence-electron chi connectivity index (χ0n) is 12.5. The highest BCUT2D eigenvalue weighted by molar-refractivity contribution is 7.13. The van der Waals surface area contributed by atoms with Gasteiger partial charge < -0.3 is 5.32 Å². The normalized spacial score (nSPS) is 11.5. The highest BCUT2D eigenvalue weighted by Crippen LogP contribution is 2.28. The van der Waals surface area contributed by atoms with Gasteiger partial charge in [0.1, 0.15) is 10.7 Å². The van der Waals surface area contributed by atoms with Gasteiger partial charge in [0.05, 0.1) is 6.07 Å². The van der Waals surface area contributed by atoms with Gasteiger partial charge in [-0.15, -0.1) is 11.3 Å². The topological polar surface area (TPSA) is 82.9 Å². The highest BCUT2D eigenvalue weighted by atomic mass is 32.1. The van der Waals surface area contributed by atoms with Gasteiger partial charge >= 0.3 is 0 Å². The summed E-state index contributed by atoms with van der Waals surface area (Å²) in [4.78, 5) is 28.1. The van der Waals surface area contributed by atoms with E-state index in [0.717, 1.165) is 16.7 Å². The van der Waals surface area contributed by atoms with E-state index >= 15 is 0 Å². The van der Waals surface area contributed by atoms with Crippen LogP contribution in [0.15, 0.2) is 23.6 Å². The number of aromatic nitrogens is 1. The zero-order valence-corrected chi connectivity index (χ0v) is 13.3. The lowest BCUT2D eigenvalue weighted by Crippen LogP contribution is -2.32. The number of carbonyl (C=O) groups excluding carboxylic acids is 2. The highest BCUT2D eigenvalue weighted by Gasteiger charge is 2.28. The van der Waals surface area contributed by atoms with E-state index in [-0.39, 0.29) is 5.69 Å². The van der Waals surface area contributed by atoms with Crippen LogP contribution in [0.25, 0.3) is 10.6 Å². The number of hydrogen-bond donors (Lipinski definition) is 1. The molecule has 0 spiro atoms. The Kier molecular flexibility index (Phi) is 4.68. The van der Waals surface area contributed by atoms with Crippen molar-refractivity contribution in [1.29, 1.82) is 5.26 Å². The fourth-order valence-corrected chi connectivity index (χ4v) is 2.99. The lowest BCUT2D eigenvalue weighted by atomic mass is 10.0. The molecule has 5 nitrogen and oxygen atoms in total. The van der Waals surface area contributed by atoms with Crippen molar-refractivity contribution >= 4 is 23.0 Å². The molecule has 0 radical (unpaired) electrons. The minimum atomic E-state index is -1.36. The Bertz CT molecular complexity index is 774. The first-order valence-corrected chi connectivity index (χ1v) is 7.54. The molecular formula is C16H15N3O2S. The lowest BCUT2D eigenvalue weighted by Gasteiger charge is -2.04. The lowest BCUT2D eigenvalue weighted by molar-refractivity contribution is -0.121. The van der Waals surface area contributed by atoms with Crippen LogP contribution in [-0.2, 0) is 4.79 Å². The number of nitrogens with one attached hydrogen (secondary N) is 1. The molecule has 6 heteroatoms. The van der Waals surface area contributed by atoms with Crippen molar-refractivity contribution in [3.05, 3.63) is 40.4 Å². The van der Waals surface area contributed by atoms with Gasteiger partial charge in [-0.3, -0.25) is 9.59 Å². The van der Waals surface area contributed by atoms with Crippen LogP contribution >= 0.6 is 11.3 Å². The van der Waals surface area contributed by atoms with Crippen LogP contribution in [0.4, 0.5) is 0 Å². The van der Waals surface area contributed by atoms with Crippen molar-refractivity contribution in [2.24, 2.45) is 5.92 Å².